The van der Waals surface area contributed by atoms with Gasteiger partial charge in [0.05, 0.1) is 6.54 Å². The molecule has 1 fully saturated rings. The summed E-state index contributed by atoms with van der Waals surface area (Å²) in [4.78, 5) is 29.4. The molecular formula is C18H27N3O4S. The number of nitrogens with one attached hydrogen (secondary N) is 1. The first kappa shape index (κ1) is 20.5. The Hall–Kier alpha value is -1.80. The summed E-state index contributed by atoms with van der Waals surface area (Å²) in [6.07, 6.45) is 2.31. The Morgan fingerprint density at radius 3 is 2.73 bits per heavy atom. The lowest BCUT2D eigenvalue weighted by Crippen LogP contribution is -2.50. The van der Waals surface area contributed by atoms with Crippen molar-refractivity contribution in [3.63, 3.8) is 0 Å². The number of rotatable bonds is 6. The second-order valence-electron chi connectivity index (χ2n) is 7.25. The van der Waals surface area contributed by atoms with E-state index in [2.05, 4.69) is 10.3 Å². The quantitative estimate of drug-likeness (QED) is 0.804. The van der Waals surface area contributed by atoms with E-state index in [1.807, 2.05) is 20.8 Å². The van der Waals surface area contributed by atoms with Gasteiger partial charge in [-0.05, 0) is 43.4 Å². The lowest BCUT2D eigenvalue weighted by molar-refractivity contribution is -0.134. The largest absolute Gasteiger partial charge is 0.310 e. The van der Waals surface area contributed by atoms with E-state index in [9.17, 15) is 18.0 Å². The molecule has 1 amide bonds. The minimum atomic E-state index is -4.20. The SMILES string of the molecule is CC(C)CCC(=O)N([C@H]1CC(C)CNCC1=O)S(=O)(=O)c1ccccn1. The third-order valence-electron chi connectivity index (χ3n) is 4.41. The standard InChI is InChI=1S/C18H27N3O4S/c1-13(2)7-8-18(23)21(15-10-14(3)11-19-12-16(15)22)26(24,25)17-6-4-5-9-20-17/h4-6,9,13-15,19H,7-8,10-12H2,1-3H3/t14?,15-/m0/s1. The Morgan fingerprint density at radius 2 is 2.12 bits per heavy atom. The van der Waals surface area contributed by atoms with E-state index >= 15 is 0 Å². The Labute approximate surface area is 155 Å². The zero-order valence-corrected chi connectivity index (χ0v) is 16.3. The van der Waals surface area contributed by atoms with Crippen molar-refractivity contribution in [3.8, 4) is 0 Å². The van der Waals surface area contributed by atoms with Gasteiger partial charge in [-0.1, -0.05) is 26.8 Å². The van der Waals surface area contributed by atoms with E-state index in [1.165, 1.54) is 12.3 Å². The molecule has 2 heterocycles. The van der Waals surface area contributed by atoms with Crippen LogP contribution in [0.1, 0.15) is 40.0 Å². The highest BCUT2D eigenvalue weighted by molar-refractivity contribution is 7.89. The minimum absolute atomic E-state index is 0.0563. The normalized spacial score (nSPS) is 21.5. The summed E-state index contributed by atoms with van der Waals surface area (Å²) in [5.41, 5.74) is 0. The van der Waals surface area contributed by atoms with Gasteiger partial charge in [-0.25, -0.2) is 9.29 Å². The van der Waals surface area contributed by atoms with Crippen LogP contribution in [0, 0.1) is 11.8 Å². The van der Waals surface area contributed by atoms with E-state index in [-0.39, 0.29) is 35.6 Å². The fourth-order valence-corrected chi connectivity index (χ4v) is 4.52. The molecule has 144 valence electrons. The number of pyridine rings is 1. The summed E-state index contributed by atoms with van der Waals surface area (Å²) in [5, 5.41) is 2.80. The summed E-state index contributed by atoms with van der Waals surface area (Å²) in [6.45, 7) is 6.53. The topological polar surface area (TPSA) is 96.4 Å². The highest BCUT2D eigenvalue weighted by Crippen LogP contribution is 2.24. The van der Waals surface area contributed by atoms with Crippen LogP contribution in [0.15, 0.2) is 29.4 Å². The maximum Gasteiger partial charge on any atom is 0.284 e. The van der Waals surface area contributed by atoms with Gasteiger partial charge in [-0.3, -0.25) is 9.59 Å². The van der Waals surface area contributed by atoms with Crippen molar-refractivity contribution >= 4 is 21.7 Å². The molecule has 1 aliphatic rings. The number of ketones is 1. The van der Waals surface area contributed by atoms with Crippen molar-refractivity contribution in [3.05, 3.63) is 24.4 Å². The number of amides is 1. The minimum Gasteiger partial charge on any atom is -0.310 e. The Morgan fingerprint density at radius 1 is 1.38 bits per heavy atom. The lowest BCUT2D eigenvalue weighted by atomic mass is 10.00. The molecule has 26 heavy (non-hydrogen) atoms. The van der Waals surface area contributed by atoms with Crippen molar-refractivity contribution in [2.75, 3.05) is 13.1 Å². The number of aromatic nitrogens is 1. The first-order valence-corrected chi connectivity index (χ1v) is 10.4. The van der Waals surface area contributed by atoms with Gasteiger partial charge in [-0.15, -0.1) is 0 Å². The maximum atomic E-state index is 13.2. The molecule has 0 spiro atoms. The van der Waals surface area contributed by atoms with Crippen LogP contribution in [-0.4, -0.2) is 48.5 Å². The van der Waals surface area contributed by atoms with Crippen LogP contribution >= 0.6 is 0 Å². The van der Waals surface area contributed by atoms with Crippen LogP contribution in [0.5, 0.6) is 0 Å². The summed E-state index contributed by atoms with van der Waals surface area (Å²) < 4.78 is 27.1. The third-order valence-corrected chi connectivity index (χ3v) is 6.16. The Kier molecular flexibility index (Phi) is 6.88. The molecule has 0 saturated carbocycles. The fraction of sp³-hybridized carbons (Fsp3) is 0.611. The van der Waals surface area contributed by atoms with Crippen LogP contribution in [-0.2, 0) is 19.6 Å². The van der Waals surface area contributed by atoms with Crippen LogP contribution in [0.4, 0.5) is 0 Å². The van der Waals surface area contributed by atoms with Gasteiger partial charge in [0.1, 0.15) is 6.04 Å². The van der Waals surface area contributed by atoms with Crippen molar-refractivity contribution < 1.29 is 18.0 Å². The first-order chi connectivity index (χ1) is 12.2. The van der Waals surface area contributed by atoms with Crippen molar-refractivity contribution in [1.29, 1.82) is 0 Å². The molecule has 1 unspecified atom stereocenters. The van der Waals surface area contributed by atoms with Crippen molar-refractivity contribution in [2.45, 2.75) is 51.1 Å². The van der Waals surface area contributed by atoms with E-state index in [1.54, 1.807) is 12.1 Å². The molecule has 2 rings (SSSR count). The average molecular weight is 381 g/mol. The van der Waals surface area contributed by atoms with Gasteiger partial charge in [0.2, 0.25) is 5.91 Å². The first-order valence-electron chi connectivity index (χ1n) is 8.95. The van der Waals surface area contributed by atoms with E-state index in [4.69, 9.17) is 0 Å². The molecule has 1 N–H and O–H groups in total. The van der Waals surface area contributed by atoms with Gasteiger partial charge in [0.25, 0.3) is 10.0 Å². The molecular weight excluding hydrogens is 354 g/mol. The van der Waals surface area contributed by atoms with E-state index < -0.39 is 22.0 Å². The summed E-state index contributed by atoms with van der Waals surface area (Å²) >= 11 is 0. The second kappa shape index (κ2) is 8.73. The van der Waals surface area contributed by atoms with Gasteiger partial charge in [0, 0.05) is 12.6 Å². The highest BCUT2D eigenvalue weighted by atomic mass is 32.2. The molecule has 2 atom stereocenters. The monoisotopic (exact) mass is 381 g/mol. The molecule has 1 aromatic rings. The average Bonchev–Trinajstić information content (AvgIpc) is 2.75. The molecule has 8 heteroatoms. The van der Waals surface area contributed by atoms with Crippen LogP contribution in [0.2, 0.25) is 0 Å². The number of Topliss-reactive ketones (excluding diaryl/α,β-unsaturated/α-hetero) is 1. The predicted octanol–water partition coefficient (Wildman–Crippen LogP) is 1.60. The van der Waals surface area contributed by atoms with Crippen LogP contribution < -0.4 is 5.32 Å². The number of hydrogen-bond acceptors (Lipinski definition) is 6. The Bertz CT molecular complexity index is 734. The van der Waals surface area contributed by atoms with Crippen LogP contribution in [0.25, 0.3) is 0 Å². The number of carbonyl (C=O) groups is 2. The number of nitrogens with zero attached hydrogens (tertiary/aromatic N) is 2. The summed E-state index contributed by atoms with van der Waals surface area (Å²) in [7, 11) is -4.20. The van der Waals surface area contributed by atoms with Crippen molar-refractivity contribution in [2.24, 2.45) is 11.8 Å². The third kappa shape index (κ3) is 4.88. The molecule has 1 aromatic heterocycles. The molecule has 0 aromatic carbocycles. The zero-order chi connectivity index (χ0) is 19.3. The number of hydrogen-bond donors (Lipinski definition) is 1. The van der Waals surface area contributed by atoms with E-state index in [0.717, 1.165) is 4.31 Å². The fourth-order valence-electron chi connectivity index (χ4n) is 2.98. The highest BCUT2D eigenvalue weighted by Gasteiger charge is 2.41. The second-order valence-corrected chi connectivity index (χ2v) is 9.01. The van der Waals surface area contributed by atoms with Gasteiger partial charge < -0.3 is 5.32 Å². The molecule has 0 bridgehead atoms. The molecule has 1 saturated heterocycles. The number of sulfonamides is 1. The Balaban J connectivity index is 2.44. The zero-order valence-electron chi connectivity index (χ0n) is 15.5. The smallest absolute Gasteiger partial charge is 0.284 e. The number of carbonyl (C=O) groups excluding carboxylic acids is 2. The summed E-state index contributed by atoms with van der Waals surface area (Å²) in [6, 6.07) is 3.51. The predicted molar refractivity (Wildman–Crippen MR) is 97.8 cm³/mol. The van der Waals surface area contributed by atoms with Gasteiger partial charge in [-0.2, -0.15) is 8.42 Å². The molecule has 0 radical (unpaired) electrons. The van der Waals surface area contributed by atoms with Gasteiger partial charge >= 0.3 is 0 Å². The van der Waals surface area contributed by atoms with Crippen molar-refractivity contribution in [1.82, 2.24) is 14.6 Å². The lowest BCUT2D eigenvalue weighted by Gasteiger charge is -2.30. The maximum absolute atomic E-state index is 13.2. The summed E-state index contributed by atoms with van der Waals surface area (Å²) in [5.74, 6) is -0.502. The molecule has 7 nitrogen and oxygen atoms in total. The van der Waals surface area contributed by atoms with E-state index in [0.29, 0.717) is 19.4 Å². The van der Waals surface area contributed by atoms with Gasteiger partial charge in [0.15, 0.2) is 10.8 Å². The van der Waals surface area contributed by atoms with Crippen LogP contribution in [0.3, 0.4) is 0 Å². The molecule has 1 aliphatic heterocycles. The molecule has 0 aliphatic carbocycles.